The third-order valence-electron chi connectivity index (χ3n) is 14.1. The van der Waals surface area contributed by atoms with Crippen molar-refractivity contribution >= 4 is 39.5 Å². The van der Waals surface area contributed by atoms with Crippen LogP contribution in [0.5, 0.6) is 0 Å². The molecule has 3 unspecified atom stereocenters. The molecule has 0 heterocycles. The van der Waals surface area contributed by atoms with Gasteiger partial charge >= 0.3 is 39.5 Å². The third-order valence-corrected chi connectivity index (χ3v) is 16.0. The molecule has 0 aromatic rings. The van der Waals surface area contributed by atoms with Gasteiger partial charge in [0.1, 0.15) is 19.3 Å². The number of ether oxygens (including phenoxy) is 4. The normalized spacial score (nSPS) is 14.5. The standard InChI is InChI=1S/C62H120O17P2/c1-52(2)38-30-22-14-10-9-11-17-28-36-44-61(66)78-57(48-72-59(64)42-34-26-18-12-15-23-31-39-53(3)4)50-76-80(68,69)74-46-56(63)47-75-81(70,71)77-51-58(79-62(67)45-37-29-21-20-25-33-41-55(7)8)49-73-60(65)43-35-27-19-13-16-24-32-40-54(5)6/h52-58,63H,9-51H2,1-8H3,(H,68,69)(H,70,71)/t56?,57-,58-/m1/s1. The van der Waals surface area contributed by atoms with E-state index in [0.29, 0.717) is 43.4 Å². The molecule has 0 saturated heterocycles. The smallest absolute Gasteiger partial charge is 0.462 e. The summed E-state index contributed by atoms with van der Waals surface area (Å²) in [4.78, 5) is 72.0. The van der Waals surface area contributed by atoms with E-state index in [-0.39, 0.29) is 25.7 Å². The Morgan fingerprint density at radius 1 is 0.309 bits per heavy atom. The van der Waals surface area contributed by atoms with Crippen molar-refractivity contribution in [2.75, 3.05) is 39.6 Å². The Morgan fingerprint density at radius 2 is 0.519 bits per heavy atom. The Labute approximate surface area is 492 Å². The number of carbonyl (C=O) groups excluding carboxylic acids is 4. The van der Waals surface area contributed by atoms with Crippen LogP contribution >= 0.6 is 15.6 Å². The van der Waals surface area contributed by atoms with Gasteiger partial charge in [-0.3, -0.25) is 37.3 Å². The van der Waals surface area contributed by atoms with E-state index in [0.717, 1.165) is 109 Å². The van der Waals surface area contributed by atoms with Crippen LogP contribution in [0.4, 0.5) is 0 Å². The molecular weight excluding hydrogens is 1080 g/mol. The van der Waals surface area contributed by atoms with Crippen molar-refractivity contribution in [3.8, 4) is 0 Å². The number of phosphoric acid groups is 2. The Morgan fingerprint density at radius 3 is 0.765 bits per heavy atom. The number of carbonyl (C=O) groups is 4. The number of hydrogen-bond donors (Lipinski definition) is 3. The molecule has 0 aliphatic carbocycles. The minimum absolute atomic E-state index is 0.100. The lowest BCUT2D eigenvalue weighted by Gasteiger charge is -2.21. The fourth-order valence-corrected chi connectivity index (χ4v) is 10.7. The predicted molar refractivity (Wildman–Crippen MR) is 321 cm³/mol. The van der Waals surface area contributed by atoms with E-state index in [1.807, 2.05) is 0 Å². The molecule has 0 aromatic carbocycles. The van der Waals surface area contributed by atoms with Gasteiger partial charge < -0.3 is 33.8 Å². The monoisotopic (exact) mass is 1200 g/mol. The van der Waals surface area contributed by atoms with E-state index >= 15 is 0 Å². The molecule has 19 heteroatoms. The van der Waals surface area contributed by atoms with Crippen LogP contribution < -0.4 is 0 Å². The van der Waals surface area contributed by atoms with E-state index in [2.05, 4.69) is 55.4 Å². The summed E-state index contributed by atoms with van der Waals surface area (Å²) in [7, 11) is -9.88. The van der Waals surface area contributed by atoms with Crippen LogP contribution in [0.15, 0.2) is 0 Å². The predicted octanol–water partition coefficient (Wildman–Crippen LogP) is 16.6. The van der Waals surface area contributed by atoms with Crippen LogP contribution in [0.3, 0.4) is 0 Å². The lowest BCUT2D eigenvalue weighted by Crippen LogP contribution is -2.30. The van der Waals surface area contributed by atoms with Crippen molar-refractivity contribution in [2.45, 2.75) is 311 Å². The van der Waals surface area contributed by atoms with E-state index in [1.165, 1.54) is 83.5 Å². The molecule has 0 fully saturated rings. The summed E-state index contributed by atoms with van der Waals surface area (Å²) >= 11 is 0. The number of rotatable bonds is 59. The second kappa shape index (κ2) is 52.4. The first-order valence-electron chi connectivity index (χ1n) is 32.2. The molecule has 5 atom stereocenters. The SMILES string of the molecule is CC(C)CCCCCCCCCCCC(=O)O[C@H](COC(=O)CCCCCCCCCC(C)C)COP(=O)(O)OCC(O)COP(=O)(O)OC[C@@H](COC(=O)CCCCCCCCCC(C)C)OC(=O)CCCCCCCCC(C)C. The van der Waals surface area contributed by atoms with Crippen LogP contribution in [0, 0.1) is 23.7 Å². The van der Waals surface area contributed by atoms with Gasteiger partial charge in [-0.25, -0.2) is 9.13 Å². The van der Waals surface area contributed by atoms with E-state index in [1.54, 1.807) is 0 Å². The van der Waals surface area contributed by atoms with E-state index in [9.17, 15) is 43.2 Å². The highest BCUT2D eigenvalue weighted by molar-refractivity contribution is 7.47. The topological polar surface area (TPSA) is 237 Å². The van der Waals surface area contributed by atoms with Gasteiger partial charge in [-0.05, 0) is 49.4 Å². The maximum Gasteiger partial charge on any atom is 0.472 e. The summed E-state index contributed by atoms with van der Waals surface area (Å²) in [6, 6.07) is 0. The molecule has 0 spiro atoms. The number of phosphoric ester groups is 2. The first-order valence-corrected chi connectivity index (χ1v) is 35.2. The second-order valence-corrected chi connectivity index (χ2v) is 27.3. The van der Waals surface area contributed by atoms with Crippen molar-refractivity contribution < 1.29 is 80.2 Å². The fourth-order valence-electron chi connectivity index (χ4n) is 9.08. The molecule has 0 radical (unpaired) electrons. The summed E-state index contributed by atoms with van der Waals surface area (Å²) < 4.78 is 67.8. The zero-order valence-electron chi connectivity index (χ0n) is 52.4. The van der Waals surface area contributed by atoms with Gasteiger partial charge in [-0.15, -0.1) is 0 Å². The van der Waals surface area contributed by atoms with Crippen LogP contribution in [0.1, 0.15) is 293 Å². The Kier molecular flexibility index (Phi) is 51.1. The fraction of sp³-hybridized carbons (Fsp3) is 0.935. The van der Waals surface area contributed by atoms with Gasteiger partial charge in [0.05, 0.1) is 26.4 Å². The second-order valence-electron chi connectivity index (χ2n) is 24.3. The number of hydrogen-bond acceptors (Lipinski definition) is 15. The molecule has 17 nitrogen and oxygen atoms in total. The lowest BCUT2D eigenvalue weighted by atomic mass is 10.0. The number of unbranched alkanes of at least 4 members (excludes halogenated alkanes) is 25. The molecule has 81 heavy (non-hydrogen) atoms. The molecule has 0 aliphatic rings. The summed E-state index contributed by atoms with van der Waals surface area (Å²) in [5.74, 6) is 0.669. The van der Waals surface area contributed by atoms with Gasteiger partial charge in [0, 0.05) is 25.7 Å². The molecule has 480 valence electrons. The molecule has 0 rings (SSSR count). The van der Waals surface area contributed by atoms with Gasteiger partial charge in [0.15, 0.2) is 12.2 Å². The maximum atomic E-state index is 12.9. The van der Waals surface area contributed by atoms with Gasteiger partial charge in [0.25, 0.3) is 0 Å². The lowest BCUT2D eigenvalue weighted by molar-refractivity contribution is -0.161. The van der Waals surface area contributed by atoms with Crippen molar-refractivity contribution in [2.24, 2.45) is 23.7 Å². The van der Waals surface area contributed by atoms with E-state index < -0.39 is 97.5 Å². The van der Waals surface area contributed by atoms with Crippen LogP contribution in [-0.2, 0) is 65.4 Å². The van der Waals surface area contributed by atoms with Crippen molar-refractivity contribution in [1.29, 1.82) is 0 Å². The zero-order valence-corrected chi connectivity index (χ0v) is 54.2. The van der Waals surface area contributed by atoms with Crippen molar-refractivity contribution in [3.05, 3.63) is 0 Å². The molecule has 3 N–H and O–H groups in total. The van der Waals surface area contributed by atoms with Crippen molar-refractivity contribution in [3.63, 3.8) is 0 Å². The average Bonchev–Trinajstić information content (AvgIpc) is 3.40. The molecule has 0 aliphatic heterocycles. The van der Waals surface area contributed by atoms with Gasteiger partial charge in [0.2, 0.25) is 0 Å². The Hall–Kier alpha value is -1.94. The first-order chi connectivity index (χ1) is 38.6. The molecule has 0 aromatic heterocycles. The summed E-state index contributed by atoms with van der Waals surface area (Å²) in [6.07, 6.45) is 31.1. The molecule has 0 saturated carbocycles. The number of aliphatic hydroxyl groups is 1. The minimum Gasteiger partial charge on any atom is -0.462 e. The highest BCUT2D eigenvalue weighted by Crippen LogP contribution is 2.45. The first kappa shape index (κ1) is 79.1. The largest absolute Gasteiger partial charge is 0.472 e. The quantitative estimate of drug-likeness (QED) is 0.0222. The van der Waals surface area contributed by atoms with Crippen LogP contribution in [0.2, 0.25) is 0 Å². The maximum absolute atomic E-state index is 12.9. The average molecular weight is 1200 g/mol. The van der Waals surface area contributed by atoms with Gasteiger partial charge in [-0.2, -0.15) is 0 Å². The van der Waals surface area contributed by atoms with E-state index in [4.69, 9.17) is 37.0 Å². The Balaban J connectivity index is 5.25. The minimum atomic E-state index is -4.94. The van der Waals surface area contributed by atoms with Crippen LogP contribution in [-0.4, -0.2) is 96.7 Å². The zero-order chi connectivity index (χ0) is 60.4. The van der Waals surface area contributed by atoms with Crippen molar-refractivity contribution in [1.82, 2.24) is 0 Å². The molecular formula is C62H120O17P2. The summed E-state index contributed by atoms with van der Waals surface area (Å²) in [5.41, 5.74) is 0. The number of aliphatic hydroxyl groups excluding tert-OH is 1. The highest BCUT2D eigenvalue weighted by atomic mass is 31.2. The third kappa shape index (κ3) is 56.9. The summed E-state index contributed by atoms with van der Waals surface area (Å²) in [5, 5.41) is 10.5. The molecule has 0 amide bonds. The number of esters is 4. The molecule has 0 bridgehead atoms. The highest BCUT2D eigenvalue weighted by Gasteiger charge is 2.30. The van der Waals surface area contributed by atoms with Gasteiger partial charge in [-0.1, -0.05) is 242 Å². The van der Waals surface area contributed by atoms with Crippen LogP contribution in [0.25, 0.3) is 0 Å². The Bertz CT molecular complexity index is 1630. The summed E-state index contributed by atoms with van der Waals surface area (Å²) in [6.45, 7) is 13.8.